The lowest BCUT2D eigenvalue weighted by Gasteiger charge is -2.10. The molecule has 0 amide bonds. The number of hydrogen-bond donors (Lipinski definition) is 0. The van der Waals surface area contributed by atoms with Crippen LogP contribution < -0.4 is 9.47 Å². The first-order valence-corrected chi connectivity index (χ1v) is 11.7. The van der Waals surface area contributed by atoms with Crippen molar-refractivity contribution in [1.29, 1.82) is 0 Å². The molecule has 172 valence electrons. The van der Waals surface area contributed by atoms with Gasteiger partial charge in [-0.1, -0.05) is 60.7 Å². The Bertz CT molecular complexity index is 1270. The van der Waals surface area contributed by atoms with E-state index < -0.39 is 11.9 Å². The Hall–Kier alpha value is -3.64. The Kier molecular flexibility index (Phi) is 7.94. The standard InChI is InChI=1S/C28H23BrO5/c29-27-24-11-5-4-10-21(24)14-17-25(27)33-19-26(30)34-23-15-12-22(13-16-23)28(31)32-18-6-9-20-7-2-1-3-8-20/h1-5,7-8,10-17H,6,9,18-19H2. The predicted molar refractivity (Wildman–Crippen MR) is 134 cm³/mol. The van der Waals surface area contributed by atoms with E-state index in [9.17, 15) is 9.59 Å². The van der Waals surface area contributed by atoms with Gasteiger partial charge in [-0.25, -0.2) is 9.59 Å². The van der Waals surface area contributed by atoms with Crippen molar-refractivity contribution < 1.29 is 23.8 Å². The van der Waals surface area contributed by atoms with Gasteiger partial charge in [0.1, 0.15) is 11.5 Å². The second-order valence-electron chi connectivity index (χ2n) is 7.61. The molecule has 34 heavy (non-hydrogen) atoms. The Morgan fingerprint density at radius 3 is 2.32 bits per heavy atom. The van der Waals surface area contributed by atoms with Crippen molar-refractivity contribution in [2.24, 2.45) is 0 Å². The number of benzene rings is 4. The third-order valence-electron chi connectivity index (χ3n) is 5.18. The summed E-state index contributed by atoms with van der Waals surface area (Å²) in [6.07, 6.45) is 1.60. The van der Waals surface area contributed by atoms with Gasteiger partial charge in [-0.15, -0.1) is 0 Å². The summed E-state index contributed by atoms with van der Waals surface area (Å²) in [6, 6.07) is 27.9. The monoisotopic (exact) mass is 518 g/mol. The maximum Gasteiger partial charge on any atom is 0.349 e. The largest absolute Gasteiger partial charge is 0.481 e. The van der Waals surface area contributed by atoms with E-state index in [-0.39, 0.29) is 6.61 Å². The Labute approximate surface area is 206 Å². The highest BCUT2D eigenvalue weighted by atomic mass is 79.9. The lowest BCUT2D eigenvalue weighted by molar-refractivity contribution is -0.136. The number of aryl methyl sites for hydroxylation is 1. The van der Waals surface area contributed by atoms with Gasteiger partial charge >= 0.3 is 11.9 Å². The van der Waals surface area contributed by atoms with E-state index in [1.54, 1.807) is 30.3 Å². The van der Waals surface area contributed by atoms with Crippen LogP contribution in [0.5, 0.6) is 11.5 Å². The zero-order valence-corrected chi connectivity index (χ0v) is 20.0. The first-order valence-electron chi connectivity index (χ1n) is 10.9. The molecular weight excluding hydrogens is 496 g/mol. The highest BCUT2D eigenvalue weighted by molar-refractivity contribution is 9.10. The van der Waals surface area contributed by atoms with Gasteiger partial charge in [0.05, 0.1) is 16.6 Å². The number of esters is 2. The molecule has 0 heterocycles. The van der Waals surface area contributed by atoms with E-state index in [2.05, 4.69) is 15.9 Å². The molecule has 0 atom stereocenters. The van der Waals surface area contributed by atoms with Crippen LogP contribution >= 0.6 is 15.9 Å². The van der Waals surface area contributed by atoms with Gasteiger partial charge in [-0.05, 0) is 75.4 Å². The third kappa shape index (κ3) is 6.23. The fraction of sp³-hybridized carbons (Fsp3) is 0.143. The lowest BCUT2D eigenvalue weighted by atomic mass is 10.1. The van der Waals surface area contributed by atoms with Gasteiger partial charge in [-0.2, -0.15) is 0 Å². The zero-order chi connectivity index (χ0) is 23.8. The first-order chi connectivity index (χ1) is 16.6. The van der Waals surface area contributed by atoms with Crippen molar-refractivity contribution in [2.45, 2.75) is 12.8 Å². The smallest absolute Gasteiger partial charge is 0.349 e. The zero-order valence-electron chi connectivity index (χ0n) is 18.4. The van der Waals surface area contributed by atoms with Gasteiger partial charge in [-0.3, -0.25) is 0 Å². The van der Waals surface area contributed by atoms with Crippen LogP contribution in [0, 0.1) is 0 Å². The highest BCUT2D eigenvalue weighted by Gasteiger charge is 2.12. The third-order valence-corrected chi connectivity index (χ3v) is 6.00. The molecule has 4 rings (SSSR count). The van der Waals surface area contributed by atoms with E-state index in [0.717, 1.165) is 28.1 Å². The van der Waals surface area contributed by atoms with E-state index in [0.29, 0.717) is 23.7 Å². The van der Waals surface area contributed by atoms with Gasteiger partial charge in [0.25, 0.3) is 0 Å². The predicted octanol–water partition coefficient (Wildman–Crippen LogP) is 6.38. The number of carbonyl (C=O) groups excluding carboxylic acids is 2. The SMILES string of the molecule is O=C(COc1ccc2ccccc2c1Br)Oc1ccc(C(=O)OCCCc2ccccc2)cc1. The Morgan fingerprint density at radius 2 is 1.53 bits per heavy atom. The first kappa shape index (κ1) is 23.5. The molecule has 5 nitrogen and oxygen atoms in total. The fourth-order valence-electron chi connectivity index (χ4n) is 3.45. The topological polar surface area (TPSA) is 61.8 Å². The number of hydrogen-bond acceptors (Lipinski definition) is 5. The molecule has 0 fully saturated rings. The van der Waals surface area contributed by atoms with Crippen LogP contribution in [-0.4, -0.2) is 25.2 Å². The van der Waals surface area contributed by atoms with E-state index in [1.165, 1.54) is 5.56 Å². The van der Waals surface area contributed by atoms with E-state index in [4.69, 9.17) is 14.2 Å². The average molecular weight is 519 g/mol. The highest BCUT2D eigenvalue weighted by Crippen LogP contribution is 2.33. The minimum Gasteiger partial charge on any atom is -0.481 e. The molecular formula is C28H23BrO5. The lowest BCUT2D eigenvalue weighted by Crippen LogP contribution is -2.18. The summed E-state index contributed by atoms with van der Waals surface area (Å²) in [5.74, 6) is -0.0699. The van der Waals surface area contributed by atoms with Gasteiger partial charge in [0.15, 0.2) is 6.61 Å². The van der Waals surface area contributed by atoms with Crippen LogP contribution in [0.3, 0.4) is 0 Å². The van der Waals surface area contributed by atoms with Gasteiger partial charge in [0.2, 0.25) is 0 Å². The molecule has 0 unspecified atom stereocenters. The number of ether oxygens (including phenoxy) is 3. The number of rotatable bonds is 9. The van der Waals surface area contributed by atoms with Crippen LogP contribution in [0.15, 0.2) is 95.5 Å². The quantitative estimate of drug-likeness (QED) is 0.146. The van der Waals surface area contributed by atoms with E-state index >= 15 is 0 Å². The maximum atomic E-state index is 12.2. The molecule has 4 aromatic rings. The van der Waals surface area contributed by atoms with Crippen molar-refractivity contribution in [3.05, 3.63) is 107 Å². The fourth-order valence-corrected chi connectivity index (χ4v) is 4.06. The molecule has 0 spiro atoms. The van der Waals surface area contributed by atoms with Gasteiger partial charge < -0.3 is 14.2 Å². The van der Waals surface area contributed by atoms with Gasteiger partial charge in [0, 0.05) is 0 Å². The molecule has 0 saturated heterocycles. The summed E-state index contributed by atoms with van der Waals surface area (Å²) >= 11 is 3.53. The van der Waals surface area contributed by atoms with Crippen LogP contribution in [0.4, 0.5) is 0 Å². The number of carbonyl (C=O) groups is 2. The van der Waals surface area contributed by atoms with Crippen molar-refractivity contribution >= 4 is 38.6 Å². The summed E-state index contributed by atoms with van der Waals surface area (Å²) in [5, 5.41) is 2.06. The number of fused-ring (bicyclic) bond motifs is 1. The molecule has 0 aliphatic carbocycles. The molecule has 0 radical (unpaired) electrons. The molecule has 0 aromatic heterocycles. The Balaban J connectivity index is 1.23. The molecule has 0 bridgehead atoms. The summed E-state index contributed by atoms with van der Waals surface area (Å²) in [6.45, 7) is 0.0916. The second-order valence-corrected chi connectivity index (χ2v) is 8.40. The second kappa shape index (κ2) is 11.5. The Morgan fingerprint density at radius 1 is 0.794 bits per heavy atom. The van der Waals surface area contributed by atoms with Crippen molar-refractivity contribution in [3.8, 4) is 11.5 Å². The maximum absolute atomic E-state index is 12.2. The van der Waals surface area contributed by atoms with Crippen LogP contribution in [0.2, 0.25) is 0 Å². The summed E-state index contributed by atoms with van der Waals surface area (Å²) in [4.78, 5) is 24.4. The molecule has 6 heteroatoms. The average Bonchev–Trinajstić information content (AvgIpc) is 2.87. The number of halogens is 1. The minimum atomic E-state index is -0.545. The minimum absolute atomic E-state index is 0.248. The molecule has 0 saturated carbocycles. The summed E-state index contributed by atoms with van der Waals surface area (Å²) < 4.78 is 17.1. The molecule has 4 aromatic carbocycles. The molecule has 0 aliphatic heterocycles. The van der Waals surface area contributed by atoms with Crippen molar-refractivity contribution in [2.75, 3.05) is 13.2 Å². The van der Waals surface area contributed by atoms with Crippen LogP contribution in [-0.2, 0) is 16.0 Å². The van der Waals surface area contributed by atoms with Crippen molar-refractivity contribution in [1.82, 2.24) is 0 Å². The molecule has 0 aliphatic rings. The van der Waals surface area contributed by atoms with E-state index in [1.807, 2.05) is 60.7 Å². The van der Waals surface area contributed by atoms with Crippen LogP contribution in [0.1, 0.15) is 22.3 Å². The van der Waals surface area contributed by atoms with Crippen molar-refractivity contribution in [3.63, 3.8) is 0 Å². The summed E-state index contributed by atoms with van der Waals surface area (Å²) in [5.41, 5.74) is 1.61. The summed E-state index contributed by atoms with van der Waals surface area (Å²) in [7, 11) is 0. The molecule has 0 N–H and O–H groups in total. The van der Waals surface area contributed by atoms with Crippen LogP contribution in [0.25, 0.3) is 10.8 Å². The normalized spacial score (nSPS) is 10.6.